The lowest BCUT2D eigenvalue weighted by atomic mass is 10.3. The molecule has 8 nitrogen and oxygen atoms in total. The summed E-state index contributed by atoms with van der Waals surface area (Å²) >= 11 is 5.98. The number of hydrogen-bond acceptors (Lipinski definition) is 5. The molecule has 0 saturated carbocycles. The topological polar surface area (TPSA) is 137 Å². The van der Waals surface area contributed by atoms with E-state index in [4.69, 9.17) is 28.8 Å². The van der Waals surface area contributed by atoms with Crippen molar-refractivity contribution in [3.63, 3.8) is 0 Å². The van der Waals surface area contributed by atoms with E-state index in [1.807, 2.05) is 6.92 Å². The van der Waals surface area contributed by atoms with Gasteiger partial charge in [0.2, 0.25) is 0 Å². The minimum absolute atomic E-state index is 0.0688. The van der Waals surface area contributed by atoms with E-state index in [9.17, 15) is 4.79 Å². The zero-order valence-electron chi connectivity index (χ0n) is 10.7. The van der Waals surface area contributed by atoms with Crippen molar-refractivity contribution in [3.8, 4) is 0 Å². The number of carbonyl (C=O) groups excluding carboxylic acids is 1. The van der Waals surface area contributed by atoms with Gasteiger partial charge < -0.3 is 22.1 Å². The first kappa shape index (κ1) is 15.0. The molecule has 1 amide bonds. The zero-order chi connectivity index (χ0) is 14.6. The molecule has 6 N–H and O–H groups in total. The van der Waals surface area contributed by atoms with Crippen molar-refractivity contribution < 1.29 is 4.79 Å². The number of rotatable bonds is 4. The molecular weight excluding hydrogens is 270 g/mol. The number of halogens is 1. The summed E-state index contributed by atoms with van der Waals surface area (Å²) in [5, 5.41) is 0.0688. The second kappa shape index (κ2) is 6.19. The van der Waals surface area contributed by atoms with Crippen LogP contribution in [0.5, 0.6) is 0 Å². The van der Waals surface area contributed by atoms with Gasteiger partial charge >= 0.3 is 5.91 Å². The van der Waals surface area contributed by atoms with Gasteiger partial charge in [0.15, 0.2) is 28.4 Å². The Morgan fingerprint density at radius 2 is 2.05 bits per heavy atom. The smallest absolute Gasteiger partial charge is 0.302 e. The van der Waals surface area contributed by atoms with Crippen LogP contribution in [0.2, 0.25) is 5.15 Å². The highest BCUT2D eigenvalue weighted by Crippen LogP contribution is 2.23. The third kappa shape index (κ3) is 3.68. The minimum Gasteiger partial charge on any atom is -0.382 e. The van der Waals surface area contributed by atoms with Gasteiger partial charge in [0.25, 0.3) is 0 Å². The van der Waals surface area contributed by atoms with Crippen LogP contribution in [-0.4, -0.2) is 35.4 Å². The van der Waals surface area contributed by atoms with Gasteiger partial charge in [-0.1, -0.05) is 18.5 Å². The fourth-order valence-corrected chi connectivity index (χ4v) is 1.70. The van der Waals surface area contributed by atoms with Gasteiger partial charge in [-0.2, -0.15) is 4.99 Å². The van der Waals surface area contributed by atoms with E-state index >= 15 is 0 Å². The van der Waals surface area contributed by atoms with Gasteiger partial charge in [0.05, 0.1) is 0 Å². The van der Waals surface area contributed by atoms with Crippen LogP contribution in [0.3, 0.4) is 0 Å². The summed E-state index contributed by atoms with van der Waals surface area (Å²) < 4.78 is 0. The van der Waals surface area contributed by atoms with E-state index in [1.165, 1.54) is 0 Å². The molecule has 0 aliphatic heterocycles. The number of anilines is 2. The van der Waals surface area contributed by atoms with Gasteiger partial charge in [-0.15, -0.1) is 0 Å². The number of hydrogen-bond donors (Lipinski definition) is 3. The first-order valence-electron chi connectivity index (χ1n) is 5.54. The SMILES string of the molecule is CCCN(C)c1nc(N)c(C(=O)N=C(N)N)nc1Cl. The molecule has 0 aliphatic carbocycles. The van der Waals surface area contributed by atoms with Crippen LogP contribution < -0.4 is 22.1 Å². The molecular formula is C10H16ClN7O. The number of nitrogens with zero attached hydrogens (tertiary/aromatic N) is 4. The first-order valence-corrected chi connectivity index (χ1v) is 5.92. The number of carbonyl (C=O) groups is 1. The molecule has 0 radical (unpaired) electrons. The summed E-state index contributed by atoms with van der Waals surface area (Å²) in [4.78, 5) is 24.7. The zero-order valence-corrected chi connectivity index (χ0v) is 11.5. The molecule has 0 atom stereocenters. The minimum atomic E-state index is -0.781. The maximum absolute atomic E-state index is 11.6. The van der Waals surface area contributed by atoms with Crippen LogP contribution in [0, 0.1) is 0 Å². The van der Waals surface area contributed by atoms with E-state index < -0.39 is 5.91 Å². The summed E-state index contributed by atoms with van der Waals surface area (Å²) in [6, 6.07) is 0. The molecule has 1 heterocycles. The third-order valence-electron chi connectivity index (χ3n) is 2.22. The average Bonchev–Trinajstić information content (AvgIpc) is 2.30. The van der Waals surface area contributed by atoms with Crippen LogP contribution in [0.1, 0.15) is 23.8 Å². The number of nitrogen functional groups attached to an aromatic ring is 1. The number of amides is 1. The van der Waals surface area contributed by atoms with Gasteiger partial charge in [0, 0.05) is 13.6 Å². The maximum atomic E-state index is 11.6. The number of guanidine groups is 1. The van der Waals surface area contributed by atoms with Crippen molar-refractivity contribution in [2.75, 3.05) is 24.2 Å². The Morgan fingerprint density at radius 1 is 1.42 bits per heavy atom. The summed E-state index contributed by atoms with van der Waals surface area (Å²) in [6.45, 7) is 2.74. The predicted molar refractivity (Wildman–Crippen MR) is 75.2 cm³/mol. The fourth-order valence-electron chi connectivity index (χ4n) is 1.43. The van der Waals surface area contributed by atoms with Gasteiger partial charge in [-0.3, -0.25) is 4.79 Å². The van der Waals surface area contributed by atoms with Crippen molar-refractivity contribution in [3.05, 3.63) is 10.8 Å². The molecule has 19 heavy (non-hydrogen) atoms. The lowest BCUT2D eigenvalue weighted by Gasteiger charge is -2.18. The molecule has 0 aliphatic rings. The lowest BCUT2D eigenvalue weighted by Crippen LogP contribution is -2.25. The van der Waals surface area contributed by atoms with E-state index in [2.05, 4.69) is 15.0 Å². The third-order valence-corrected chi connectivity index (χ3v) is 2.47. The van der Waals surface area contributed by atoms with Crippen molar-refractivity contribution in [1.29, 1.82) is 0 Å². The largest absolute Gasteiger partial charge is 0.382 e. The average molecular weight is 286 g/mol. The predicted octanol–water partition coefficient (Wildman–Crippen LogP) is -0.0280. The first-order chi connectivity index (χ1) is 8.86. The van der Waals surface area contributed by atoms with E-state index in [1.54, 1.807) is 11.9 Å². The van der Waals surface area contributed by atoms with Crippen LogP contribution in [0.4, 0.5) is 11.6 Å². The maximum Gasteiger partial charge on any atom is 0.302 e. The van der Waals surface area contributed by atoms with Gasteiger partial charge in [0.1, 0.15) is 0 Å². The van der Waals surface area contributed by atoms with Crippen molar-refractivity contribution >= 4 is 35.1 Å². The van der Waals surface area contributed by atoms with Gasteiger partial charge in [-0.05, 0) is 6.42 Å². The Bertz CT molecular complexity index is 513. The Hall–Kier alpha value is -2.09. The van der Waals surface area contributed by atoms with E-state index in [-0.39, 0.29) is 22.6 Å². The van der Waals surface area contributed by atoms with E-state index in [0.29, 0.717) is 5.82 Å². The highest BCUT2D eigenvalue weighted by atomic mass is 35.5. The Balaban J connectivity index is 3.17. The Labute approximate surface area is 115 Å². The molecule has 0 spiro atoms. The summed E-state index contributed by atoms with van der Waals surface area (Å²) in [5.74, 6) is -0.828. The second-order valence-electron chi connectivity index (χ2n) is 3.84. The molecule has 0 bridgehead atoms. The van der Waals surface area contributed by atoms with Crippen molar-refractivity contribution in [2.45, 2.75) is 13.3 Å². The van der Waals surface area contributed by atoms with E-state index in [0.717, 1.165) is 13.0 Å². The number of nitrogens with two attached hydrogens (primary N) is 3. The van der Waals surface area contributed by atoms with Crippen LogP contribution >= 0.6 is 11.6 Å². The Kier molecular flexibility index (Phi) is 4.87. The van der Waals surface area contributed by atoms with Crippen LogP contribution in [0.15, 0.2) is 4.99 Å². The molecule has 0 unspecified atom stereocenters. The highest BCUT2D eigenvalue weighted by molar-refractivity contribution is 6.32. The number of aromatic nitrogens is 2. The summed E-state index contributed by atoms with van der Waals surface area (Å²) in [7, 11) is 1.80. The summed E-state index contributed by atoms with van der Waals surface area (Å²) in [5.41, 5.74) is 15.7. The normalized spacial score (nSPS) is 10.1. The molecule has 1 rings (SSSR count). The summed E-state index contributed by atoms with van der Waals surface area (Å²) in [6.07, 6.45) is 0.906. The fraction of sp³-hybridized carbons (Fsp3) is 0.400. The van der Waals surface area contributed by atoms with Gasteiger partial charge in [-0.25, -0.2) is 9.97 Å². The molecule has 104 valence electrons. The standard InChI is InChI=1S/C10H16ClN7O/c1-3-4-18(2)8-6(11)15-5(7(12)16-8)9(19)17-10(13)14/h3-4H2,1-2H3,(H2,12,16)(H4,13,14,17,19). The second-order valence-corrected chi connectivity index (χ2v) is 4.19. The Morgan fingerprint density at radius 3 is 2.58 bits per heavy atom. The molecule has 9 heteroatoms. The van der Waals surface area contributed by atoms with Crippen LogP contribution in [0.25, 0.3) is 0 Å². The number of aliphatic imine (C=N–C) groups is 1. The van der Waals surface area contributed by atoms with Crippen molar-refractivity contribution in [1.82, 2.24) is 9.97 Å². The molecule has 0 saturated heterocycles. The lowest BCUT2D eigenvalue weighted by molar-refractivity contribution is 0.0998. The monoisotopic (exact) mass is 285 g/mol. The quantitative estimate of drug-likeness (QED) is 0.522. The molecule has 1 aromatic rings. The molecule has 0 aromatic carbocycles. The van der Waals surface area contributed by atoms with Crippen molar-refractivity contribution in [2.24, 2.45) is 16.5 Å². The molecule has 1 aromatic heterocycles. The van der Waals surface area contributed by atoms with Crippen LogP contribution in [-0.2, 0) is 0 Å². The molecule has 0 fully saturated rings. The highest BCUT2D eigenvalue weighted by Gasteiger charge is 2.18.